The third-order valence-corrected chi connectivity index (χ3v) is 5.22. The molecular formula is C15H18N2O3S. The second-order valence-electron chi connectivity index (χ2n) is 5.97. The molecule has 0 unspecified atom stereocenters. The van der Waals surface area contributed by atoms with Gasteiger partial charge in [0.15, 0.2) is 0 Å². The molecule has 1 saturated heterocycles. The van der Waals surface area contributed by atoms with Crippen molar-refractivity contribution in [1.29, 1.82) is 0 Å². The SMILES string of the molecule is CC(C)C1(O)CN(C(=O)c2ccc3c(c2)NC(=O)CS3)C1. The summed E-state index contributed by atoms with van der Waals surface area (Å²) < 4.78 is 0. The van der Waals surface area contributed by atoms with Gasteiger partial charge in [0.25, 0.3) is 5.91 Å². The van der Waals surface area contributed by atoms with E-state index in [1.807, 2.05) is 19.9 Å². The van der Waals surface area contributed by atoms with Crippen LogP contribution in [0, 0.1) is 5.92 Å². The van der Waals surface area contributed by atoms with E-state index in [0.29, 0.717) is 30.1 Å². The summed E-state index contributed by atoms with van der Waals surface area (Å²) in [6.07, 6.45) is 0. The van der Waals surface area contributed by atoms with E-state index in [-0.39, 0.29) is 17.7 Å². The third kappa shape index (κ3) is 2.53. The number of carbonyl (C=O) groups is 2. The average Bonchev–Trinajstić information content (AvgIpc) is 2.42. The van der Waals surface area contributed by atoms with Gasteiger partial charge in [0.1, 0.15) is 5.60 Å². The van der Waals surface area contributed by atoms with Crippen LogP contribution in [0.4, 0.5) is 5.69 Å². The maximum Gasteiger partial charge on any atom is 0.254 e. The molecule has 0 bridgehead atoms. The van der Waals surface area contributed by atoms with Gasteiger partial charge in [-0.3, -0.25) is 9.59 Å². The van der Waals surface area contributed by atoms with Crippen LogP contribution in [-0.4, -0.2) is 46.3 Å². The van der Waals surface area contributed by atoms with Crippen LogP contribution in [0.1, 0.15) is 24.2 Å². The lowest BCUT2D eigenvalue weighted by Gasteiger charge is -2.49. The normalized spacial score (nSPS) is 19.8. The highest BCUT2D eigenvalue weighted by molar-refractivity contribution is 8.00. The van der Waals surface area contributed by atoms with Crippen molar-refractivity contribution in [3.05, 3.63) is 23.8 Å². The predicted octanol–water partition coefficient (Wildman–Crippen LogP) is 1.57. The quantitative estimate of drug-likeness (QED) is 0.870. The Labute approximate surface area is 127 Å². The number of rotatable bonds is 2. The summed E-state index contributed by atoms with van der Waals surface area (Å²) in [6, 6.07) is 5.36. The fraction of sp³-hybridized carbons (Fsp3) is 0.467. The molecular weight excluding hydrogens is 288 g/mol. The van der Waals surface area contributed by atoms with E-state index in [1.54, 1.807) is 17.0 Å². The summed E-state index contributed by atoms with van der Waals surface area (Å²) in [5.41, 5.74) is 0.470. The first-order valence-electron chi connectivity index (χ1n) is 6.97. The lowest BCUT2D eigenvalue weighted by Crippen LogP contribution is -2.65. The molecule has 2 aliphatic heterocycles. The van der Waals surface area contributed by atoms with E-state index in [0.717, 1.165) is 4.90 Å². The van der Waals surface area contributed by atoms with Gasteiger partial charge >= 0.3 is 0 Å². The molecule has 2 amide bonds. The topological polar surface area (TPSA) is 69.6 Å². The number of hydrogen-bond acceptors (Lipinski definition) is 4. The van der Waals surface area contributed by atoms with Crippen LogP contribution in [0.2, 0.25) is 0 Å². The van der Waals surface area contributed by atoms with Crippen LogP contribution < -0.4 is 5.32 Å². The molecule has 6 heteroatoms. The van der Waals surface area contributed by atoms with Crippen molar-refractivity contribution < 1.29 is 14.7 Å². The second kappa shape index (κ2) is 5.03. The van der Waals surface area contributed by atoms with Gasteiger partial charge in [0.2, 0.25) is 5.91 Å². The number of fused-ring (bicyclic) bond motifs is 1. The standard InChI is InChI=1S/C15H18N2O3S/c1-9(2)15(20)7-17(8-15)14(19)10-3-4-12-11(5-10)16-13(18)6-21-12/h3-5,9,20H,6-8H2,1-2H3,(H,16,18). The zero-order valence-electron chi connectivity index (χ0n) is 12.0. The molecule has 2 aliphatic rings. The number of nitrogens with zero attached hydrogens (tertiary/aromatic N) is 1. The minimum atomic E-state index is -0.770. The van der Waals surface area contributed by atoms with E-state index in [4.69, 9.17) is 0 Å². The van der Waals surface area contributed by atoms with Gasteiger partial charge in [-0.2, -0.15) is 0 Å². The molecule has 112 valence electrons. The lowest BCUT2D eigenvalue weighted by molar-refractivity contribution is -0.113. The number of β-amino-alcohol motifs (C(OH)–C–C–N with tert-alkyl or cyclic N) is 1. The molecule has 1 fully saturated rings. The Balaban J connectivity index is 1.75. The van der Waals surface area contributed by atoms with E-state index in [9.17, 15) is 14.7 Å². The fourth-order valence-corrected chi connectivity index (χ4v) is 3.31. The Morgan fingerprint density at radius 2 is 2.14 bits per heavy atom. The number of amides is 2. The van der Waals surface area contributed by atoms with Crippen LogP contribution in [0.3, 0.4) is 0 Å². The molecule has 0 aliphatic carbocycles. The van der Waals surface area contributed by atoms with E-state index in [1.165, 1.54) is 11.8 Å². The monoisotopic (exact) mass is 306 g/mol. The highest BCUT2D eigenvalue weighted by atomic mass is 32.2. The molecule has 0 aromatic heterocycles. The molecule has 5 nitrogen and oxygen atoms in total. The molecule has 3 rings (SSSR count). The number of aliphatic hydroxyl groups is 1. The number of thioether (sulfide) groups is 1. The second-order valence-corrected chi connectivity index (χ2v) is 6.98. The maximum atomic E-state index is 12.4. The van der Waals surface area contributed by atoms with E-state index < -0.39 is 5.60 Å². The largest absolute Gasteiger partial charge is 0.386 e. The number of likely N-dealkylation sites (tertiary alicyclic amines) is 1. The van der Waals surface area contributed by atoms with E-state index in [2.05, 4.69) is 5.32 Å². The molecule has 2 heterocycles. The zero-order valence-corrected chi connectivity index (χ0v) is 12.9. The smallest absolute Gasteiger partial charge is 0.254 e. The van der Waals surface area contributed by atoms with Gasteiger partial charge in [-0.05, 0) is 24.1 Å². The molecule has 1 aromatic rings. The third-order valence-electron chi connectivity index (χ3n) is 4.15. The van der Waals surface area contributed by atoms with Gasteiger partial charge in [0.05, 0.1) is 24.5 Å². The van der Waals surface area contributed by atoms with Crippen molar-refractivity contribution in [3.63, 3.8) is 0 Å². The molecule has 1 aromatic carbocycles. The summed E-state index contributed by atoms with van der Waals surface area (Å²) in [6.45, 7) is 4.63. The van der Waals surface area contributed by atoms with Crippen molar-refractivity contribution >= 4 is 29.3 Å². The minimum absolute atomic E-state index is 0.0461. The number of nitrogens with one attached hydrogen (secondary N) is 1. The minimum Gasteiger partial charge on any atom is -0.386 e. The molecule has 0 saturated carbocycles. The Morgan fingerprint density at radius 3 is 2.81 bits per heavy atom. The number of benzene rings is 1. The number of hydrogen-bond donors (Lipinski definition) is 2. The average molecular weight is 306 g/mol. The van der Waals surface area contributed by atoms with Gasteiger partial charge in [-0.1, -0.05) is 13.8 Å². The number of anilines is 1. The predicted molar refractivity (Wildman–Crippen MR) is 81.5 cm³/mol. The van der Waals surface area contributed by atoms with E-state index >= 15 is 0 Å². The van der Waals surface area contributed by atoms with Crippen LogP contribution in [0.5, 0.6) is 0 Å². The highest BCUT2D eigenvalue weighted by Crippen LogP contribution is 2.34. The molecule has 2 N–H and O–H groups in total. The Kier molecular flexibility index (Phi) is 3.45. The van der Waals surface area contributed by atoms with Gasteiger partial charge in [-0.25, -0.2) is 0 Å². The van der Waals surface area contributed by atoms with Crippen molar-refractivity contribution in [2.24, 2.45) is 5.92 Å². The van der Waals surface area contributed by atoms with Crippen molar-refractivity contribution in [2.45, 2.75) is 24.3 Å². The van der Waals surface area contributed by atoms with Crippen molar-refractivity contribution in [3.8, 4) is 0 Å². The highest BCUT2D eigenvalue weighted by Gasteiger charge is 2.45. The van der Waals surface area contributed by atoms with Gasteiger partial charge in [-0.15, -0.1) is 11.8 Å². The number of carbonyl (C=O) groups excluding carboxylic acids is 2. The fourth-order valence-electron chi connectivity index (χ4n) is 2.52. The summed E-state index contributed by atoms with van der Waals surface area (Å²) in [7, 11) is 0. The maximum absolute atomic E-state index is 12.4. The first-order valence-corrected chi connectivity index (χ1v) is 7.96. The molecule has 0 atom stereocenters. The Hall–Kier alpha value is -1.53. The summed E-state index contributed by atoms with van der Waals surface area (Å²) in [4.78, 5) is 26.4. The van der Waals surface area contributed by atoms with Crippen molar-refractivity contribution in [1.82, 2.24) is 4.90 Å². The molecule has 21 heavy (non-hydrogen) atoms. The van der Waals surface area contributed by atoms with Crippen LogP contribution >= 0.6 is 11.8 Å². The summed E-state index contributed by atoms with van der Waals surface area (Å²) >= 11 is 1.47. The first kappa shape index (κ1) is 14.4. The van der Waals surface area contributed by atoms with Gasteiger partial charge < -0.3 is 15.3 Å². The van der Waals surface area contributed by atoms with Crippen LogP contribution in [0.25, 0.3) is 0 Å². The summed E-state index contributed by atoms with van der Waals surface area (Å²) in [5, 5.41) is 13.0. The summed E-state index contributed by atoms with van der Waals surface area (Å²) in [5.74, 6) is 0.386. The Morgan fingerprint density at radius 1 is 1.43 bits per heavy atom. The first-order chi connectivity index (χ1) is 9.89. The molecule has 0 radical (unpaired) electrons. The molecule has 0 spiro atoms. The van der Waals surface area contributed by atoms with Crippen molar-refractivity contribution in [2.75, 3.05) is 24.2 Å². The van der Waals surface area contributed by atoms with Crippen LogP contribution in [0.15, 0.2) is 23.1 Å². The van der Waals surface area contributed by atoms with Crippen LogP contribution in [-0.2, 0) is 4.79 Å². The Bertz CT molecular complexity index is 609. The zero-order chi connectivity index (χ0) is 15.2. The lowest BCUT2D eigenvalue weighted by atomic mass is 9.82. The van der Waals surface area contributed by atoms with Gasteiger partial charge in [0, 0.05) is 10.5 Å².